The molecule has 1 aliphatic carbocycles. The topological polar surface area (TPSA) is 70.2 Å². The van der Waals surface area contributed by atoms with Gasteiger partial charge in [-0.25, -0.2) is 4.79 Å². The second-order valence-corrected chi connectivity index (χ2v) is 7.87. The van der Waals surface area contributed by atoms with E-state index in [9.17, 15) is 9.59 Å². The van der Waals surface area contributed by atoms with Crippen LogP contribution in [0.3, 0.4) is 0 Å². The summed E-state index contributed by atoms with van der Waals surface area (Å²) in [5, 5.41) is 8.66. The van der Waals surface area contributed by atoms with Gasteiger partial charge in [-0.15, -0.1) is 0 Å². The van der Waals surface area contributed by atoms with Crippen molar-refractivity contribution in [2.45, 2.75) is 51.0 Å². The molecular formula is C23H29N3O2. The van der Waals surface area contributed by atoms with Crippen LogP contribution in [0.4, 0.5) is 10.5 Å². The zero-order valence-electron chi connectivity index (χ0n) is 16.6. The summed E-state index contributed by atoms with van der Waals surface area (Å²) in [5.41, 5.74) is 2.60. The molecule has 1 saturated carbocycles. The highest BCUT2D eigenvalue weighted by Crippen LogP contribution is 2.40. The Bertz CT molecular complexity index is 794. The highest BCUT2D eigenvalue weighted by molar-refractivity contribution is 5.95. The molecule has 5 nitrogen and oxygen atoms in total. The van der Waals surface area contributed by atoms with Gasteiger partial charge in [0, 0.05) is 29.3 Å². The smallest absolute Gasteiger partial charge is 0.319 e. The molecule has 0 atom stereocenters. The number of urea groups is 1. The van der Waals surface area contributed by atoms with Gasteiger partial charge in [-0.3, -0.25) is 4.79 Å². The Balaban J connectivity index is 1.60. The monoisotopic (exact) mass is 379 g/mol. The first-order valence-electron chi connectivity index (χ1n) is 10.00. The maximum atomic E-state index is 12.6. The van der Waals surface area contributed by atoms with Crippen LogP contribution in [0, 0.1) is 0 Å². The highest BCUT2D eigenvalue weighted by Gasteiger charge is 2.35. The fourth-order valence-electron chi connectivity index (χ4n) is 3.90. The van der Waals surface area contributed by atoms with Gasteiger partial charge in [0.05, 0.1) is 0 Å². The molecule has 148 valence electrons. The average Bonchev–Trinajstić information content (AvgIpc) is 3.17. The Labute approximate surface area is 166 Å². The van der Waals surface area contributed by atoms with Gasteiger partial charge in [-0.2, -0.15) is 0 Å². The van der Waals surface area contributed by atoms with Crippen molar-refractivity contribution in [3.8, 4) is 0 Å². The first kappa shape index (κ1) is 19.9. The van der Waals surface area contributed by atoms with Crippen LogP contribution in [0.5, 0.6) is 0 Å². The van der Waals surface area contributed by atoms with Gasteiger partial charge >= 0.3 is 6.03 Å². The molecule has 3 rings (SSSR count). The molecule has 2 aromatic rings. The van der Waals surface area contributed by atoms with Gasteiger partial charge in [0.15, 0.2) is 0 Å². The zero-order chi connectivity index (χ0) is 20.0. The van der Waals surface area contributed by atoms with Gasteiger partial charge in [0.1, 0.15) is 0 Å². The molecule has 0 spiro atoms. The van der Waals surface area contributed by atoms with E-state index in [0.717, 1.165) is 12.8 Å². The van der Waals surface area contributed by atoms with Crippen molar-refractivity contribution >= 4 is 17.6 Å². The maximum Gasteiger partial charge on any atom is 0.319 e. The molecule has 1 aliphatic rings. The van der Waals surface area contributed by atoms with Crippen LogP contribution in [0.1, 0.15) is 55.5 Å². The number of hydrogen-bond acceptors (Lipinski definition) is 2. The van der Waals surface area contributed by atoms with Crippen molar-refractivity contribution < 1.29 is 9.59 Å². The Hall–Kier alpha value is -2.82. The number of rotatable bonds is 6. The van der Waals surface area contributed by atoms with E-state index in [2.05, 4.69) is 40.2 Å². The minimum Gasteiger partial charge on any atom is -0.351 e. The van der Waals surface area contributed by atoms with Crippen LogP contribution < -0.4 is 16.0 Å². The van der Waals surface area contributed by atoms with Gasteiger partial charge in [-0.05, 0) is 56.5 Å². The molecule has 3 amide bonds. The summed E-state index contributed by atoms with van der Waals surface area (Å²) in [6, 6.07) is 17.3. The molecule has 28 heavy (non-hydrogen) atoms. The third-order valence-corrected chi connectivity index (χ3v) is 5.36. The molecule has 0 radical (unpaired) electrons. The van der Waals surface area contributed by atoms with Crippen LogP contribution in [0.25, 0.3) is 0 Å². The zero-order valence-corrected chi connectivity index (χ0v) is 16.6. The van der Waals surface area contributed by atoms with Crippen molar-refractivity contribution in [2.24, 2.45) is 0 Å². The third-order valence-electron chi connectivity index (χ3n) is 5.36. The summed E-state index contributed by atoms with van der Waals surface area (Å²) in [5.74, 6) is -0.0830. The molecule has 0 unspecified atom stereocenters. The van der Waals surface area contributed by atoms with E-state index in [-0.39, 0.29) is 23.4 Å². The number of carbonyl (C=O) groups excluding carboxylic acids is 2. The lowest BCUT2D eigenvalue weighted by Gasteiger charge is -2.30. The number of nitrogens with one attached hydrogen (secondary N) is 3. The first-order valence-corrected chi connectivity index (χ1v) is 10.00. The van der Waals surface area contributed by atoms with Crippen molar-refractivity contribution in [3.63, 3.8) is 0 Å². The summed E-state index contributed by atoms with van der Waals surface area (Å²) in [7, 11) is 0. The van der Waals surface area contributed by atoms with E-state index in [1.54, 1.807) is 24.3 Å². The van der Waals surface area contributed by atoms with Crippen LogP contribution in [0.2, 0.25) is 0 Å². The number of benzene rings is 2. The Morgan fingerprint density at radius 1 is 0.964 bits per heavy atom. The molecule has 0 aliphatic heterocycles. The molecule has 3 N–H and O–H groups in total. The lowest BCUT2D eigenvalue weighted by atomic mass is 9.79. The summed E-state index contributed by atoms with van der Waals surface area (Å²) in [6.45, 7) is 4.45. The molecule has 0 aromatic heterocycles. The van der Waals surface area contributed by atoms with Crippen molar-refractivity contribution in [1.82, 2.24) is 10.6 Å². The SMILES string of the molecule is CC(C)NC(=O)Nc1ccc(C(=O)NCC2(c3ccccc3)CCCC2)cc1. The number of carbonyl (C=O) groups is 2. The molecule has 0 saturated heterocycles. The van der Waals surface area contributed by atoms with Gasteiger partial charge in [0.25, 0.3) is 5.91 Å². The number of amides is 3. The van der Waals surface area contributed by atoms with Crippen molar-refractivity contribution in [1.29, 1.82) is 0 Å². The van der Waals surface area contributed by atoms with E-state index in [1.807, 2.05) is 19.9 Å². The largest absolute Gasteiger partial charge is 0.351 e. The average molecular weight is 380 g/mol. The second kappa shape index (κ2) is 8.91. The first-order chi connectivity index (χ1) is 13.5. The summed E-state index contributed by atoms with van der Waals surface area (Å²) in [4.78, 5) is 24.4. The predicted molar refractivity (Wildman–Crippen MR) is 113 cm³/mol. The highest BCUT2D eigenvalue weighted by atomic mass is 16.2. The second-order valence-electron chi connectivity index (χ2n) is 7.87. The van der Waals surface area contributed by atoms with Gasteiger partial charge in [0.2, 0.25) is 0 Å². The molecule has 0 heterocycles. The van der Waals surface area contributed by atoms with Crippen molar-refractivity contribution in [2.75, 3.05) is 11.9 Å². The van der Waals surface area contributed by atoms with Crippen molar-refractivity contribution in [3.05, 3.63) is 65.7 Å². The molecule has 2 aromatic carbocycles. The van der Waals surface area contributed by atoms with Gasteiger partial charge < -0.3 is 16.0 Å². The summed E-state index contributed by atoms with van der Waals surface area (Å²) >= 11 is 0. The fourth-order valence-corrected chi connectivity index (χ4v) is 3.90. The van der Waals surface area contributed by atoms with E-state index in [4.69, 9.17) is 0 Å². The third kappa shape index (κ3) is 4.91. The number of hydrogen-bond donors (Lipinski definition) is 3. The Morgan fingerprint density at radius 3 is 2.21 bits per heavy atom. The Kier molecular flexibility index (Phi) is 6.34. The van der Waals surface area contributed by atoms with E-state index in [0.29, 0.717) is 17.8 Å². The summed E-state index contributed by atoms with van der Waals surface area (Å²) in [6.07, 6.45) is 4.60. The standard InChI is InChI=1S/C23H29N3O2/c1-17(2)25-22(28)26-20-12-10-18(11-13-20)21(27)24-16-23(14-6-7-15-23)19-8-4-3-5-9-19/h3-5,8-13,17H,6-7,14-16H2,1-2H3,(H,24,27)(H2,25,26,28). The van der Waals surface area contributed by atoms with E-state index >= 15 is 0 Å². The maximum absolute atomic E-state index is 12.6. The summed E-state index contributed by atoms with van der Waals surface area (Å²) < 4.78 is 0. The minimum atomic E-state index is -0.252. The lowest BCUT2D eigenvalue weighted by molar-refractivity contribution is 0.0943. The van der Waals surface area contributed by atoms with E-state index < -0.39 is 0 Å². The lowest BCUT2D eigenvalue weighted by Crippen LogP contribution is -2.39. The normalized spacial score (nSPS) is 15.2. The van der Waals surface area contributed by atoms with Crippen LogP contribution in [-0.4, -0.2) is 24.5 Å². The molecule has 0 bridgehead atoms. The molecular weight excluding hydrogens is 350 g/mol. The minimum absolute atomic E-state index is 0.0351. The number of anilines is 1. The van der Waals surface area contributed by atoms with Crippen LogP contribution in [0.15, 0.2) is 54.6 Å². The molecule has 5 heteroatoms. The van der Waals surface area contributed by atoms with Crippen LogP contribution >= 0.6 is 0 Å². The molecule has 1 fully saturated rings. The fraction of sp³-hybridized carbons (Fsp3) is 0.391. The quantitative estimate of drug-likeness (QED) is 0.693. The van der Waals surface area contributed by atoms with E-state index in [1.165, 1.54) is 18.4 Å². The van der Waals surface area contributed by atoms with Crippen LogP contribution in [-0.2, 0) is 5.41 Å². The Morgan fingerprint density at radius 2 is 1.61 bits per heavy atom. The van der Waals surface area contributed by atoms with Gasteiger partial charge in [-0.1, -0.05) is 43.2 Å². The predicted octanol–water partition coefficient (Wildman–Crippen LogP) is 4.46.